The molecule has 14 N–H and O–H groups in total. The maximum absolute atomic E-state index is 13.3. The van der Waals surface area contributed by atoms with Crippen LogP contribution in [0.1, 0.15) is 43.7 Å². The molecule has 2 rings (SSSR count). The summed E-state index contributed by atoms with van der Waals surface area (Å²) in [6.45, 7) is 0.966. The lowest BCUT2D eigenvalue weighted by molar-refractivity contribution is -0.141. The molecule has 51 heavy (non-hydrogen) atoms. The first kappa shape index (κ1) is 41.4. The molecule has 6 amide bonds. The Morgan fingerprint density at radius 2 is 1.24 bits per heavy atom. The van der Waals surface area contributed by atoms with Gasteiger partial charge in [-0.05, 0) is 74.5 Å². The average Bonchev–Trinajstić information content (AvgIpc) is 3.07. The summed E-state index contributed by atoms with van der Waals surface area (Å²) in [6, 6.07) is 5.33. The summed E-state index contributed by atoms with van der Waals surface area (Å²) in [5, 5.41) is 40.3. The highest BCUT2D eigenvalue weighted by atomic mass is 16.4. The van der Waals surface area contributed by atoms with Gasteiger partial charge in [0.2, 0.25) is 35.4 Å². The van der Waals surface area contributed by atoms with Crippen molar-refractivity contribution in [2.24, 2.45) is 17.2 Å². The van der Waals surface area contributed by atoms with Gasteiger partial charge in [-0.25, -0.2) is 4.79 Å². The SMILES string of the molecule is C[C@H](NC(=O)[C@@H](N)Cc1ccc(O)cc1)C(=O)N[C@@H](CC(N)=O)C(=O)N[C@@H](CCCCN)C(=O)NCC(=O)N[C@@H](Cc1ccc(O)cc1)C(=O)O. The number of primary amides is 1. The van der Waals surface area contributed by atoms with Crippen LogP contribution in [0.15, 0.2) is 48.5 Å². The van der Waals surface area contributed by atoms with Crippen molar-refractivity contribution in [2.75, 3.05) is 13.1 Å². The first-order chi connectivity index (χ1) is 24.1. The number of amides is 6. The van der Waals surface area contributed by atoms with Gasteiger partial charge >= 0.3 is 5.97 Å². The monoisotopic (exact) mass is 714 g/mol. The highest BCUT2D eigenvalue weighted by molar-refractivity contribution is 5.97. The average molecular weight is 715 g/mol. The molecule has 0 heterocycles. The predicted octanol–water partition coefficient (Wildman–Crippen LogP) is -2.63. The molecule has 0 radical (unpaired) electrons. The molecule has 18 heteroatoms. The van der Waals surface area contributed by atoms with Gasteiger partial charge in [0.05, 0.1) is 19.0 Å². The maximum Gasteiger partial charge on any atom is 0.326 e. The summed E-state index contributed by atoms with van der Waals surface area (Å²) in [7, 11) is 0. The minimum absolute atomic E-state index is 0.0173. The molecular weight excluding hydrogens is 668 g/mol. The van der Waals surface area contributed by atoms with Gasteiger partial charge in [0.25, 0.3) is 0 Å². The molecule has 0 unspecified atom stereocenters. The Morgan fingerprint density at radius 1 is 0.686 bits per heavy atom. The van der Waals surface area contributed by atoms with E-state index in [4.69, 9.17) is 17.2 Å². The number of hydrogen-bond donors (Lipinski definition) is 11. The Labute approximate surface area is 293 Å². The molecule has 0 saturated carbocycles. The van der Waals surface area contributed by atoms with Crippen molar-refractivity contribution in [1.29, 1.82) is 0 Å². The quantitative estimate of drug-likeness (QED) is 0.0592. The number of phenols is 2. The molecule has 278 valence electrons. The van der Waals surface area contributed by atoms with E-state index in [2.05, 4.69) is 26.6 Å². The topological polar surface area (TPSA) is 318 Å². The van der Waals surface area contributed by atoms with Crippen LogP contribution in [-0.2, 0) is 46.4 Å². The fraction of sp³-hybridized carbons (Fsp3) is 0.424. The number of phenolic OH excluding ortho intramolecular Hbond substituents is 2. The van der Waals surface area contributed by atoms with Crippen LogP contribution in [0.2, 0.25) is 0 Å². The lowest BCUT2D eigenvalue weighted by Crippen LogP contribution is -2.58. The molecule has 18 nitrogen and oxygen atoms in total. The zero-order chi connectivity index (χ0) is 38.1. The first-order valence-corrected chi connectivity index (χ1v) is 16.1. The second kappa shape index (κ2) is 20.7. The van der Waals surface area contributed by atoms with Crippen molar-refractivity contribution in [3.63, 3.8) is 0 Å². The summed E-state index contributed by atoms with van der Waals surface area (Å²) in [5.74, 6) is -6.41. The molecule has 0 aliphatic heterocycles. The Morgan fingerprint density at radius 3 is 1.76 bits per heavy atom. The van der Waals surface area contributed by atoms with E-state index >= 15 is 0 Å². The zero-order valence-corrected chi connectivity index (χ0v) is 28.1. The van der Waals surface area contributed by atoms with E-state index in [-0.39, 0.29) is 37.3 Å². The van der Waals surface area contributed by atoms with Crippen molar-refractivity contribution >= 4 is 41.4 Å². The van der Waals surface area contributed by atoms with Crippen LogP contribution >= 0.6 is 0 Å². The van der Waals surface area contributed by atoms with Crippen LogP contribution in [0.4, 0.5) is 0 Å². The second-order valence-electron chi connectivity index (χ2n) is 11.8. The molecule has 0 aromatic heterocycles. The number of aliphatic carboxylic acids is 1. The van der Waals surface area contributed by atoms with Crippen LogP contribution in [0.3, 0.4) is 0 Å². The second-order valence-corrected chi connectivity index (χ2v) is 11.8. The summed E-state index contributed by atoms with van der Waals surface area (Å²) >= 11 is 0. The largest absolute Gasteiger partial charge is 0.508 e. The van der Waals surface area contributed by atoms with Gasteiger partial charge in [0, 0.05) is 6.42 Å². The van der Waals surface area contributed by atoms with E-state index in [0.29, 0.717) is 24.0 Å². The predicted molar refractivity (Wildman–Crippen MR) is 182 cm³/mol. The molecule has 2 aromatic rings. The number of unbranched alkanes of at least 4 members (excludes halogenated alkanes) is 1. The van der Waals surface area contributed by atoms with Crippen molar-refractivity contribution < 1.29 is 48.9 Å². The Kier molecular flexibility index (Phi) is 16.8. The number of hydrogen-bond acceptors (Lipinski definition) is 11. The third-order valence-corrected chi connectivity index (χ3v) is 7.53. The van der Waals surface area contributed by atoms with Crippen LogP contribution < -0.4 is 43.8 Å². The zero-order valence-electron chi connectivity index (χ0n) is 28.1. The van der Waals surface area contributed by atoms with Gasteiger partial charge < -0.3 is 59.1 Å². The van der Waals surface area contributed by atoms with Crippen molar-refractivity contribution in [3.05, 3.63) is 59.7 Å². The molecule has 0 aliphatic carbocycles. The summed E-state index contributed by atoms with van der Waals surface area (Å²) in [6.07, 6.45) is 0.241. The van der Waals surface area contributed by atoms with Crippen LogP contribution in [0.5, 0.6) is 11.5 Å². The molecule has 0 aliphatic rings. The van der Waals surface area contributed by atoms with E-state index in [1.165, 1.54) is 43.3 Å². The van der Waals surface area contributed by atoms with Gasteiger partial charge in [-0.1, -0.05) is 24.3 Å². The number of benzene rings is 2. The fourth-order valence-electron chi connectivity index (χ4n) is 4.71. The minimum atomic E-state index is -1.55. The van der Waals surface area contributed by atoms with Crippen LogP contribution in [-0.4, -0.2) is 100 Å². The lowest BCUT2D eigenvalue weighted by atomic mass is 10.1. The lowest BCUT2D eigenvalue weighted by Gasteiger charge is -2.24. The van der Waals surface area contributed by atoms with Crippen LogP contribution in [0.25, 0.3) is 0 Å². The van der Waals surface area contributed by atoms with Gasteiger partial charge in [-0.15, -0.1) is 0 Å². The number of carbonyl (C=O) groups is 7. The number of rotatable bonds is 21. The minimum Gasteiger partial charge on any atom is -0.508 e. The summed E-state index contributed by atoms with van der Waals surface area (Å²) in [4.78, 5) is 88.1. The normalized spacial score (nSPS) is 13.7. The third-order valence-electron chi connectivity index (χ3n) is 7.53. The molecule has 2 aromatic carbocycles. The number of nitrogens with two attached hydrogens (primary N) is 3. The standard InChI is InChI=1S/C33H46N8O10/c1-18(38-30(47)23(35)14-19-5-9-21(42)10-6-19)29(46)41-25(16-27(36)44)32(49)40-24(4-2-3-13-34)31(48)37-17-28(45)39-26(33(50)51)15-20-7-11-22(43)12-8-20/h5-12,18,23-26,42-43H,2-4,13-17,34-35H2,1H3,(H2,36,44)(H,37,48)(H,38,47)(H,39,45)(H,40,49)(H,41,46)(H,50,51)/t18-,23-,24-,25-,26-/m0/s1. The van der Waals surface area contributed by atoms with Gasteiger partial charge in [0.15, 0.2) is 0 Å². The Balaban J connectivity index is 2.03. The van der Waals surface area contributed by atoms with E-state index in [1.807, 2.05) is 0 Å². The summed E-state index contributed by atoms with van der Waals surface area (Å²) in [5.41, 5.74) is 18.0. The number of carbonyl (C=O) groups excluding carboxylic acids is 6. The van der Waals surface area contributed by atoms with Gasteiger partial charge in [-0.3, -0.25) is 28.8 Å². The van der Waals surface area contributed by atoms with Crippen molar-refractivity contribution in [3.8, 4) is 11.5 Å². The number of nitrogens with one attached hydrogen (secondary N) is 5. The van der Waals surface area contributed by atoms with E-state index < -0.39 is 84.6 Å². The van der Waals surface area contributed by atoms with E-state index in [9.17, 15) is 48.9 Å². The van der Waals surface area contributed by atoms with Crippen molar-refractivity contribution in [1.82, 2.24) is 26.6 Å². The maximum atomic E-state index is 13.3. The smallest absolute Gasteiger partial charge is 0.326 e. The van der Waals surface area contributed by atoms with E-state index in [0.717, 1.165) is 0 Å². The molecule has 5 atom stereocenters. The molecule has 0 spiro atoms. The highest BCUT2D eigenvalue weighted by Crippen LogP contribution is 2.12. The third kappa shape index (κ3) is 15.1. The molecular formula is C33H46N8O10. The molecule has 0 fully saturated rings. The summed E-state index contributed by atoms with van der Waals surface area (Å²) < 4.78 is 0. The number of aromatic hydroxyl groups is 2. The Hall–Kier alpha value is -5.75. The van der Waals surface area contributed by atoms with Gasteiger partial charge in [0.1, 0.15) is 35.7 Å². The molecule has 0 bridgehead atoms. The number of carboxylic acid groups (broad SMARTS) is 1. The molecule has 0 saturated heterocycles. The number of carboxylic acids is 1. The first-order valence-electron chi connectivity index (χ1n) is 16.1. The highest BCUT2D eigenvalue weighted by Gasteiger charge is 2.30. The van der Waals surface area contributed by atoms with Crippen LogP contribution in [0, 0.1) is 0 Å². The Bertz CT molecular complexity index is 1520. The fourth-order valence-corrected chi connectivity index (χ4v) is 4.71. The van der Waals surface area contributed by atoms with Gasteiger partial charge in [-0.2, -0.15) is 0 Å². The van der Waals surface area contributed by atoms with Crippen molar-refractivity contribution in [2.45, 2.75) is 75.7 Å². The van der Waals surface area contributed by atoms with E-state index in [1.54, 1.807) is 12.1 Å².